The fraction of sp³-hybridized carbons (Fsp3) is 0.273. The van der Waals surface area contributed by atoms with Crippen LogP contribution in [-0.4, -0.2) is 36.6 Å². The van der Waals surface area contributed by atoms with Crippen molar-refractivity contribution in [1.82, 2.24) is 4.98 Å². The van der Waals surface area contributed by atoms with Crippen molar-refractivity contribution in [2.24, 2.45) is 0 Å². The molecule has 1 aliphatic rings. The van der Waals surface area contributed by atoms with Gasteiger partial charge in [-0.1, -0.05) is 30.3 Å². The molecule has 0 aliphatic carbocycles. The number of carbonyl (C=O) groups is 2. The van der Waals surface area contributed by atoms with Crippen LogP contribution in [0.1, 0.15) is 34.6 Å². The van der Waals surface area contributed by atoms with E-state index >= 15 is 0 Å². The third-order valence-corrected chi connectivity index (χ3v) is 4.93. The van der Waals surface area contributed by atoms with Crippen LogP contribution in [0.25, 0.3) is 11.0 Å². The number of esters is 1. The molecule has 30 heavy (non-hydrogen) atoms. The zero-order valence-electron chi connectivity index (χ0n) is 16.4. The number of carbonyl (C=O) groups excluding carboxylic acids is 2. The first kappa shape index (κ1) is 19.8. The van der Waals surface area contributed by atoms with Gasteiger partial charge in [-0.2, -0.15) is 4.73 Å². The first-order chi connectivity index (χ1) is 14.6. The van der Waals surface area contributed by atoms with E-state index in [1.165, 1.54) is 13.2 Å². The third kappa shape index (κ3) is 3.81. The average Bonchev–Trinajstić information content (AvgIpc) is 3.32. The predicted octanol–water partition coefficient (Wildman–Crippen LogP) is 2.33. The maximum Gasteiger partial charge on any atom is 0.335 e. The first-order valence-electron chi connectivity index (χ1n) is 9.56. The number of hydrogen-bond donors (Lipinski definition) is 0. The third-order valence-electron chi connectivity index (χ3n) is 4.93. The second kappa shape index (κ2) is 8.46. The summed E-state index contributed by atoms with van der Waals surface area (Å²) >= 11 is 0. The van der Waals surface area contributed by atoms with Gasteiger partial charge in [0.2, 0.25) is 5.52 Å². The van der Waals surface area contributed by atoms with Gasteiger partial charge in [0, 0.05) is 12.2 Å². The van der Waals surface area contributed by atoms with E-state index in [0.29, 0.717) is 34.6 Å². The van der Waals surface area contributed by atoms with Crippen molar-refractivity contribution in [3.63, 3.8) is 0 Å². The lowest BCUT2D eigenvalue weighted by molar-refractivity contribution is -0.580. The summed E-state index contributed by atoms with van der Waals surface area (Å²) < 4.78 is 16.4. The van der Waals surface area contributed by atoms with Gasteiger partial charge in [0.05, 0.1) is 13.2 Å². The zero-order chi connectivity index (χ0) is 21.1. The van der Waals surface area contributed by atoms with E-state index in [2.05, 4.69) is 4.98 Å². The lowest BCUT2D eigenvalue weighted by Crippen LogP contribution is -2.38. The Balaban J connectivity index is 1.76. The monoisotopic (exact) mass is 408 g/mol. The van der Waals surface area contributed by atoms with Crippen molar-refractivity contribution in [3.05, 3.63) is 70.7 Å². The van der Waals surface area contributed by atoms with Crippen LogP contribution < -0.4 is 9.47 Å². The van der Waals surface area contributed by atoms with E-state index in [9.17, 15) is 14.8 Å². The van der Waals surface area contributed by atoms with Gasteiger partial charge in [-0.15, -0.1) is 0 Å². The molecule has 2 heterocycles. The highest BCUT2D eigenvalue weighted by Crippen LogP contribution is 2.21. The molecule has 0 spiro atoms. The summed E-state index contributed by atoms with van der Waals surface area (Å²) in [7, 11) is 1.48. The van der Waals surface area contributed by atoms with Crippen molar-refractivity contribution in [2.75, 3.05) is 13.7 Å². The molecule has 1 atom stereocenters. The van der Waals surface area contributed by atoms with E-state index < -0.39 is 17.9 Å². The number of hydrogen-bond acceptors (Lipinski definition) is 7. The van der Waals surface area contributed by atoms with Crippen LogP contribution in [0.2, 0.25) is 0 Å². The van der Waals surface area contributed by atoms with Crippen LogP contribution in [0.5, 0.6) is 5.75 Å². The summed E-state index contributed by atoms with van der Waals surface area (Å²) in [6.45, 7) is 0.199. The fourth-order valence-corrected chi connectivity index (χ4v) is 3.37. The number of nitrogens with zero attached hydrogens (tertiary/aromatic N) is 2. The lowest BCUT2D eigenvalue weighted by Gasteiger charge is -2.13. The smallest absolute Gasteiger partial charge is 0.335 e. The Labute approximate surface area is 172 Å². The van der Waals surface area contributed by atoms with E-state index in [0.717, 1.165) is 6.42 Å². The Morgan fingerprint density at radius 1 is 1.23 bits per heavy atom. The maximum absolute atomic E-state index is 13.2. The molecule has 0 amide bonds. The van der Waals surface area contributed by atoms with Gasteiger partial charge in [0.1, 0.15) is 17.9 Å². The molecule has 1 aliphatic heterocycles. The first-order valence-corrected chi connectivity index (χ1v) is 9.56. The minimum absolute atomic E-state index is 0.0860. The number of aromatic nitrogens is 2. The molecule has 0 bridgehead atoms. The molecule has 1 aromatic heterocycles. The van der Waals surface area contributed by atoms with Crippen molar-refractivity contribution >= 4 is 22.8 Å². The molecule has 4 rings (SSSR count). The van der Waals surface area contributed by atoms with Crippen LogP contribution >= 0.6 is 0 Å². The van der Waals surface area contributed by atoms with E-state index in [-0.39, 0.29) is 23.5 Å². The van der Waals surface area contributed by atoms with Crippen LogP contribution in [-0.2, 0) is 20.9 Å². The van der Waals surface area contributed by atoms with E-state index in [1.807, 2.05) is 0 Å². The molecule has 3 aromatic rings. The molecule has 1 saturated heterocycles. The van der Waals surface area contributed by atoms with Crippen molar-refractivity contribution in [3.8, 4) is 5.75 Å². The molecule has 0 saturated carbocycles. The number of ether oxygens (including phenoxy) is 3. The molecule has 154 valence electrons. The van der Waals surface area contributed by atoms with E-state index in [4.69, 9.17) is 14.2 Å². The molecule has 1 unspecified atom stereocenters. The molecular formula is C22H20N2O6. The SMILES string of the molecule is COc1ccc2nc(COC(=O)C3CCCO3)c(C(=O)c3ccccc3)[n+]([O-])c2c1. The molecule has 8 nitrogen and oxygen atoms in total. The Hall–Kier alpha value is -3.52. The van der Waals surface area contributed by atoms with Crippen molar-refractivity contribution < 1.29 is 28.5 Å². The van der Waals surface area contributed by atoms with Gasteiger partial charge in [-0.25, -0.2) is 9.78 Å². The predicted molar refractivity (Wildman–Crippen MR) is 106 cm³/mol. The summed E-state index contributed by atoms with van der Waals surface area (Å²) in [5.74, 6) is -0.574. The standard InChI is InChI=1S/C22H20N2O6/c1-28-15-9-10-16-18(12-15)24(27)20(21(25)14-6-3-2-4-7-14)17(23-16)13-30-22(26)19-8-5-11-29-19/h2-4,6-7,9-10,12,19H,5,8,11,13H2,1H3. The topological polar surface area (TPSA) is 102 Å². The quantitative estimate of drug-likeness (QED) is 0.267. The zero-order valence-corrected chi connectivity index (χ0v) is 16.4. The Bertz CT molecular complexity index is 1090. The second-order valence-electron chi connectivity index (χ2n) is 6.86. The van der Waals surface area contributed by atoms with Crippen LogP contribution in [0.15, 0.2) is 48.5 Å². The summed E-state index contributed by atoms with van der Waals surface area (Å²) in [6, 6.07) is 13.2. The summed E-state index contributed by atoms with van der Waals surface area (Å²) in [5.41, 5.74) is 0.768. The minimum atomic E-state index is -0.623. The highest BCUT2D eigenvalue weighted by molar-refractivity contribution is 6.07. The van der Waals surface area contributed by atoms with Gasteiger partial charge in [-0.05, 0) is 25.0 Å². The molecular weight excluding hydrogens is 388 g/mol. The van der Waals surface area contributed by atoms with Gasteiger partial charge >= 0.3 is 5.97 Å². The Morgan fingerprint density at radius 3 is 2.73 bits per heavy atom. The van der Waals surface area contributed by atoms with Crippen LogP contribution in [0.4, 0.5) is 0 Å². The van der Waals surface area contributed by atoms with Gasteiger partial charge in [0.15, 0.2) is 11.8 Å². The molecule has 0 radical (unpaired) electrons. The maximum atomic E-state index is 13.2. The number of methoxy groups -OCH3 is 1. The van der Waals surface area contributed by atoms with Gasteiger partial charge in [0.25, 0.3) is 11.5 Å². The largest absolute Gasteiger partial charge is 0.618 e. The normalized spacial score (nSPS) is 15.8. The van der Waals surface area contributed by atoms with Crippen molar-refractivity contribution in [2.45, 2.75) is 25.6 Å². The molecule has 0 N–H and O–H groups in total. The van der Waals surface area contributed by atoms with Gasteiger partial charge in [-0.3, -0.25) is 4.79 Å². The highest BCUT2D eigenvalue weighted by Gasteiger charge is 2.30. The van der Waals surface area contributed by atoms with Crippen LogP contribution in [0.3, 0.4) is 0 Å². The second-order valence-corrected chi connectivity index (χ2v) is 6.86. The Morgan fingerprint density at radius 2 is 2.03 bits per heavy atom. The molecule has 1 fully saturated rings. The Kier molecular flexibility index (Phi) is 5.58. The minimum Gasteiger partial charge on any atom is -0.618 e. The van der Waals surface area contributed by atoms with Crippen molar-refractivity contribution in [1.29, 1.82) is 0 Å². The van der Waals surface area contributed by atoms with Crippen LogP contribution in [0, 0.1) is 5.21 Å². The summed E-state index contributed by atoms with van der Waals surface area (Å²) in [6.07, 6.45) is 0.747. The fourth-order valence-electron chi connectivity index (χ4n) is 3.37. The number of rotatable bonds is 6. The highest BCUT2D eigenvalue weighted by atomic mass is 16.6. The number of ketones is 1. The number of fused-ring (bicyclic) bond motifs is 1. The van der Waals surface area contributed by atoms with E-state index in [1.54, 1.807) is 42.5 Å². The number of benzene rings is 2. The molecule has 8 heteroatoms. The molecule has 2 aromatic carbocycles. The average molecular weight is 408 g/mol. The lowest BCUT2D eigenvalue weighted by atomic mass is 10.1. The summed E-state index contributed by atoms with van der Waals surface area (Å²) in [4.78, 5) is 29.8. The van der Waals surface area contributed by atoms with Gasteiger partial charge < -0.3 is 19.4 Å². The summed E-state index contributed by atoms with van der Waals surface area (Å²) in [5, 5.41) is 13.2.